The lowest BCUT2D eigenvalue weighted by Gasteiger charge is -1.89. The number of hydrogen-bond acceptors (Lipinski definition) is 1. The van der Waals surface area contributed by atoms with Gasteiger partial charge in [0.25, 0.3) is 0 Å². The van der Waals surface area contributed by atoms with E-state index in [-0.39, 0.29) is 0 Å². The Kier molecular flexibility index (Phi) is 1.71. The van der Waals surface area contributed by atoms with Gasteiger partial charge in [0.1, 0.15) is 0 Å². The standard InChI is InChI=1S/CH4FO3P/c2-1-6(3,4)5/h1H2,(H2,3,4,5). The molecule has 3 nitrogen and oxygen atoms in total. The minimum Gasteiger partial charge on any atom is -0.323 e. The lowest BCUT2D eigenvalue weighted by atomic mass is 11.8. The number of hydrogen-bond donors (Lipinski definition) is 2. The van der Waals surface area contributed by atoms with Crippen molar-refractivity contribution in [2.24, 2.45) is 0 Å². The van der Waals surface area contributed by atoms with Gasteiger partial charge in [0.05, 0.1) is 0 Å². The Morgan fingerprint density at radius 1 is 1.67 bits per heavy atom. The van der Waals surface area contributed by atoms with Crippen LogP contribution in [-0.4, -0.2) is 16.2 Å². The third kappa shape index (κ3) is 4.08. The molecular weight excluding hydrogens is 110 g/mol. The van der Waals surface area contributed by atoms with E-state index in [4.69, 9.17) is 9.79 Å². The zero-order chi connectivity index (χ0) is 5.21. The second-order valence-electron chi connectivity index (χ2n) is 0.784. The van der Waals surface area contributed by atoms with Crippen LogP contribution in [0.1, 0.15) is 0 Å². The topological polar surface area (TPSA) is 57.5 Å². The molecule has 6 heavy (non-hydrogen) atoms. The van der Waals surface area contributed by atoms with Gasteiger partial charge in [-0.05, 0) is 0 Å². The smallest absolute Gasteiger partial charge is 0.323 e. The average Bonchev–Trinajstić information content (AvgIpc) is 1.35. The molecule has 5 heteroatoms. The van der Waals surface area contributed by atoms with Crippen molar-refractivity contribution < 1.29 is 18.7 Å². The fourth-order valence-electron chi connectivity index (χ4n) is 0. The van der Waals surface area contributed by atoms with Crippen molar-refractivity contribution in [3.05, 3.63) is 0 Å². The predicted molar refractivity (Wildman–Crippen MR) is 18.0 cm³/mol. The quantitative estimate of drug-likeness (QED) is 0.475. The molecule has 0 amide bonds. The van der Waals surface area contributed by atoms with Gasteiger partial charge < -0.3 is 9.79 Å². The molecule has 0 heterocycles. The summed E-state index contributed by atoms with van der Waals surface area (Å²) in [5.74, 6) is 0. The summed E-state index contributed by atoms with van der Waals surface area (Å²) in [5, 5.41) is 0. The van der Waals surface area contributed by atoms with E-state index in [1.165, 1.54) is 0 Å². The van der Waals surface area contributed by atoms with E-state index in [9.17, 15) is 8.96 Å². The minimum atomic E-state index is -4.31. The van der Waals surface area contributed by atoms with E-state index in [1.54, 1.807) is 0 Å². The van der Waals surface area contributed by atoms with E-state index in [2.05, 4.69) is 0 Å². The van der Waals surface area contributed by atoms with Crippen molar-refractivity contribution in [1.29, 1.82) is 0 Å². The third-order valence-corrected chi connectivity index (χ3v) is 0.467. The van der Waals surface area contributed by atoms with Crippen LogP contribution < -0.4 is 0 Å². The number of alkyl halides is 1. The van der Waals surface area contributed by atoms with Crippen molar-refractivity contribution in [2.45, 2.75) is 0 Å². The van der Waals surface area contributed by atoms with Gasteiger partial charge in [0.2, 0.25) is 0 Å². The van der Waals surface area contributed by atoms with Crippen LogP contribution in [0.5, 0.6) is 0 Å². The van der Waals surface area contributed by atoms with E-state index < -0.39 is 14.0 Å². The first kappa shape index (κ1) is 6.08. The Bertz CT molecular complexity index is 74.9. The molecule has 0 aliphatic rings. The second-order valence-corrected chi connectivity index (χ2v) is 2.35. The highest BCUT2D eigenvalue weighted by Crippen LogP contribution is 2.33. The van der Waals surface area contributed by atoms with E-state index >= 15 is 0 Å². The molecular formula is CH4FO3P. The average molecular weight is 114 g/mol. The molecule has 2 N–H and O–H groups in total. The molecule has 0 aromatic carbocycles. The molecule has 0 aromatic heterocycles. The summed E-state index contributed by atoms with van der Waals surface area (Å²) >= 11 is 0. The summed E-state index contributed by atoms with van der Waals surface area (Å²) in [6.45, 7) is 0. The van der Waals surface area contributed by atoms with E-state index in [1.807, 2.05) is 0 Å². The summed E-state index contributed by atoms with van der Waals surface area (Å²) in [6, 6.07) is 0. The third-order valence-electron chi connectivity index (χ3n) is 0.156. The highest BCUT2D eigenvalue weighted by molar-refractivity contribution is 7.51. The van der Waals surface area contributed by atoms with Crippen LogP contribution in [0.3, 0.4) is 0 Å². The van der Waals surface area contributed by atoms with Crippen LogP contribution >= 0.6 is 7.60 Å². The highest BCUT2D eigenvalue weighted by Gasteiger charge is 2.09. The highest BCUT2D eigenvalue weighted by atomic mass is 31.2. The first-order chi connectivity index (χ1) is 2.56. The first-order valence-electron chi connectivity index (χ1n) is 1.17. The molecule has 0 unspecified atom stereocenters. The van der Waals surface area contributed by atoms with Crippen molar-refractivity contribution in [3.8, 4) is 0 Å². The number of halogens is 1. The van der Waals surface area contributed by atoms with Gasteiger partial charge in [-0.25, -0.2) is 4.39 Å². The summed E-state index contributed by atoms with van der Waals surface area (Å²) in [4.78, 5) is 15.1. The SMILES string of the molecule is O=P(O)(O)CF. The first-order valence-corrected chi connectivity index (χ1v) is 2.96. The van der Waals surface area contributed by atoms with E-state index in [0.29, 0.717) is 0 Å². The molecule has 38 valence electrons. The van der Waals surface area contributed by atoms with Crippen molar-refractivity contribution in [2.75, 3.05) is 6.42 Å². The van der Waals surface area contributed by atoms with Gasteiger partial charge in [-0.1, -0.05) is 0 Å². The molecule has 0 aliphatic carbocycles. The Balaban J connectivity index is 3.48. The Labute approximate surface area is 34.0 Å². The maximum atomic E-state index is 10.7. The van der Waals surface area contributed by atoms with Crippen molar-refractivity contribution in [3.63, 3.8) is 0 Å². The lowest BCUT2D eigenvalue weighted by molar-refractivity contribution is 0.348. The Morgan fingerprint density at radius 2 is 1.83 bits per heavy atom. The Morgan fingerprint density at radius 3 is 1.83 bits per heavy atom. The molecule has 0 bridgehead atoms. The number of rotatable bonds is 1. The maximum absolute atomic E-state index is 10.7. The van der Waals surface area contributed by atoms with Gasteiger partial charge in [0.15, 0.2) is 6.42 Å². The maximum Gasteiger partial charge on any atom is 0.356 e. The molecule has 0 fully saturated rings. The van der Waals surface area contributed by atoms with Gasteiger partial charge in [-0.3, -0.25) is 4.57 Å². The monoisotopic (exact) mass is 114 g/mol. The van der Waals surface area contributed by atoms with Crippen LogP contribution in [-0.2, 0) is 4.57 Å². The second kappa shape index (κ2) is 1.69. The molecule has 0 saturated heterocycles. The van der Waals surface area contributed by atoms with Crippen molar-refractivity contribution in [1.82, 2.24) is 0 Å². The van der Waals surface area contributed by atoms with Crippen LogP contribution in [0.15, 0.2) is 0 Å². The van der Waals surface area contributed by atoms with E-state index in [0.717, 1.165) is 0 Å². The summed E-state index contributed by atoms with van der Waals surface area (Å²) in [5.41, 5.74) is 0. The largest absolute Gasteiger partial charge is 0.356 e. The van der Waals surface area contributed by atoms with Crippen LogP contribution in [0.25, 0.3) is 0 Å². The van der Waals surface area contributed by atoms with Crippen LogP contribution in [0.4, 0.5) is 4.39 Å². The zero-order valence-electron chi connectivity index (χ0n) is 2.83. The summed E-state index contributed by atoms with van der Waals surface area (Å²) < 4.78 is 20.1. The molecule has 0 saturated carbocycles. The van der Waals surface area contributed by atoms with Crippen LogP contribution in [0, 0.1) is 0 Å². The molecule has 0 aliphatic heterocycles. The normalized spacial score (nSPS) is 11.8. The molecule has 0 atom stereocenters. The fraction of sp³-hybridized carbons (Fsp3) is 1.00. The lowest BCUT2D eigenvalue weighted by Crippen LogP contribution is -1.74. The molecule has 0 radical (unpaired) electrons. The summed E-state index contributed by atoms with van der Waals surface area (Å²) in [7, 11) is -4.31. The molecule has 0 rings (SSSR count). The van der Waals surface area contributed by atoms with Crippen molar-refractivity contribution >= 4 is 7.60 Å². The minimum absolute atomic E-state index is 1.56. The van der Waals surface area contributed by atoms with Gasteiger partial charge >= 0.3 is 7.60 Å². The molecule has 0 spiro atoms. The molecule has 0 aromatic rings. The zero-order valence-corrected chi connectivity index (χ0v) is 3.73. The van der Waals surface area contributed by atoms with Gasteiger partial charge in [-0.15, -0.1) is 0 Å². The van der Waals surface area contributed by atoms with Gasteiger partial charge in [-0.2, -0.15) is 0 Å². The van der Waals surface area contributed by atoms with Crippen LogP contribution in [0.2, 0.25) is 0 Å². The fourth-order valence-corrected chi connectivity index (χ4v) is 0. The Hall–Kier alpha value is 0.0800. The summed E-state index contributed by atoms with van der Waals surface area (Å²) in [6.07, 6.45) is -1.56. The van der Waals surface area contributed by atoms with Gasteiger partial charge in [0, 0.05) is 0 Å². The predicted octanol–water partition coefficient (Wildman–Crippen LogP) is 0.0911.